The molecule has 1 atom stereocenters. The van der Waals surface area contributed by atoms with Gasteiger partial charge < -0.3 is 4.74 Å². The molecule has 0 aromatic carbocycles. The Hall–Kier alpha value is -1.12. The van der Waals surface area contributed by atoms with Crippen molar-refractivity contribution in [3.8, 4) is 0 Å². The highest BCUT2D eigenvalue weighted by Gasteiger charge is 2.22. The topological polar surface area (TPSA) is 43.4 Å². The van der Waals surface area contributed by atoms with Crippen LogP contribution in [0.3, 0.4) is 0 Å². The van der Waals surface area contributed by atoms with Crippen LogP contribution >= 0.6 is 0 Å². The molecule has 1 aliphatic rings. The summed E-state index contributed by atoms with van der Waals surface area (Å²) in [6, 6.07) is 0. The van der Waals surface area contributed by atoms with E-state index in [0.29, 0.717) is 12.9 Å². The molecule has 0 heterocycles. The van der Waals surface area contributed by atoms with E-state index in [-0.39, 0.29) is 11.9 Å². The number of carbonyl (C=O) groups is 2. The van der Waals surface area contributed by atoms with Crippen molar-refractivity contribution in [1.29, 1.82) is 0 Å². The summed E-state index contributed by atoms with van der Waals surface area (Å²) in [5, 5.41) is 0. The zero-order valence-electron chi connectivity index (χ0n) is 5.66. The molecule has 0 saturated carbocycles. The molecule has 1 unspecified atom stereocenters. The van der Waals surface area contributed by atoms with Crippen LogP contribution in [-0.4, -0.2) is 18.4 Å². The average Bonchev–Trinajstić information content (AvgIpc) is 2.13. The Kier molecular flexibility index (Phi) is 1.85. The summed E-state index contributed by atoms with van der Waals surface area (Å²) in [4.78, 5) is 20.5. The summed E-state index contributed by atoms with van der Waals surface area (Å²) >= 11 is 0. The maximum atomic E-state index is 10.7. The van der Waals surface area contributed by atoms with E-state index in [1.54, 1.807) is 6.92 Å². The molecule has 54 valence electrons. The van der Waals surface area contributed by atoms with E-state index >= 15 is 0 Å². The van der Waals surface area contributed by atoms with Crippen molar-refractivity contribution >= 4 is 12.3 Å². The zero-order valence-corrected chi connectivity index (χ0v) is 5.66. The van der Waals surface area contributed by atoms with E-state index < -0.39 is 0 Å². The van der Waals surface area contributed by atoms with Crippen LogP contribution in [0.1, 0.15) is 13.3 Å². The molecular weight excluding hydrogens is 132 g/mol. The highest BCUT2D eigenvalue weighted by Crippen LogP contribution is 2.17. The number of allylic oxidation sites excluding steroid dienone is 1. The smallest absolute Gasteiger partial charge is 0.293 e. The molecule has 3 nitrogen and oxygen atoms in total. The highest BCUT2D eigenvalue weighted by molar-refractivity contribution is 5.94. The second-order valence-electron chi connectivity index (χ2n) is 2.28. The largest absolute Gasteiger partial charge is 0.460 e. The van der Waals surface area contributed by atoms with Gasteiger partial charge in [0.05, 0.1) is 6.42 Å². The number of hydrogen-bond acceptors (Lipinski definition) is 3. The second-order valence-corrected chi connectivity index (χ2v) is 2.28. The van der Waals surface area contributed by atoms with E-state index in [1.165, 1.54) is 6.08 Å². The minimum absolute atomic E-state index is 0.0318. The van der Waals surface area contributed by atoms with Crippen molar-refractivity contribution in [2.75, 3.05) is 0 Å². The fraction of sp³-hybridized carbons (Fsp3) is 0.429. The van der Waals surface area contributed by atoms with Crippen molar-refractivity contribution < 1.29 is 14.3 Å². The van der Waals surface area contributed by atoms with E-state index in [4.69, 9.17) is 0 Å². The van der Waals surface area contributed by atoms with Gasteiger partial charge in [-0.2, -0.15) is 0 Å². The Morgan fingerprint density at radius 3 is 2.90 bits per heavy atom. The molecule has 0 radical (unpaired) electrons. The molecule has 0 amide bonds. The third kappa shape index (κ3) is 1.23. The van der Waals surface area contributed by atoms with Gasteiger partial charge in [-0.15, -0.1) is 0 Å². The highest BCUT2D eigenvalue weighted by atomic mass is 16.5. The second kappa shape index (κ2) is 2.64. The molecule has 3 heteroatoms. The number of rotatable bonds is 2. The Morgan fingerprint density at radius 1 is 1.80 bits per heavy atom. The summed E-state index contributed by atoms with van der Waals surface area (Å²) in [6.07, 6.45) is 1.52. The van der Waals surface area contributed by atoms with Crippen LogP contribution < -0.4 is 0 Å². The maximum Gasteiger partial charge on any atom is 0.293 e. The summed E-state index contributed by atoms with van der Waals surface area (Å²) in [6.45, 7) is 2.15. The summed E-state index contributed by atoms with van der Waals surface area (Å²) < 4.78 is 4.62. The molecule has 0 saturated heterocycles. The quantitative estimate of drug-likeness (QED) is 0.523. The summed E-state index contributed by atoms with van der Waals surface area (Å²) in [5.41, 5.74) is 0.831. The molecule has 0 bridgehead atoms. The Balaban J connectivity index is 2.59. The van der Waals surface area contributed by atoms with Crippen LogP contribution in [0.15, 0.2) is 11.6 Å². The van der Waals surface area contributed by atoms with Crippen LogP contribution in [-0.2, 0) is 14.3 Å². The molecule has 0 spiro atoms. The minimum Gasteiger partial charge on any atom is -0.460 e. The Bertz CT molecular complexity index is 193. The lowest BCUT2D eigenvalue weighted by molar-refractivity contribution is -0.132. The lowest BCUT2D eigenvalue weighted by Crippen LogP contribution is -2.10. The molecule has 0 aliphatic heterocycles. The van der Waals surface area contributed by atoms with E-state index in [9.17, 15) is 9.59 Å². The van der Waals surface area contributed by atoms with Gasteiger partial charge in [-0.3, -0.25) is 9.59 Å². The SMILES string of the molecule is CC1=CC(=O)CC1OC=O. The first kappa shape index (κ1) is 6.99. The first-order valence-corrected chi connectivity index (χ1v) is 3.04. The third-order valence-corrected chi connectivity index (χ3v) is 1.50. The minimum atomic E-state index is -0.301. The lowest BCUT2D eigenvalue weighted by atomic mass is 10.2. The summed E-state index contributed by atoms with van der Waals surface area (Å²) in [5.74, 6) is 0.0318. The van der Waals surface area contributed by atoms with Gasteiger partial charge in [0.2, 0.25) is 0 Å². The van der Waals surface area contributed by atoms with E-state index in [0.717, 1.165) is 5.57 Å². The standard InChI is InChI=1S/C7H8O3/c1-5-2-6(9)3-7(5)10-4-8/h2,4,7H,3H2,1H3. The predicted molar refractivity (Wildman–Crippen MR) is 34.3 cm³/mol. The zero-order chi connectivity index (χ0) is 7.56. The van der Waals surface area contributed by atoms with Gasteiger partial charge in [0.25, 0.3) is 6.47 Å². The fourth-order valence-electron chi connectivity index (χ4n) is 0.972. The average molecular weight is 140 g/mol. The van der Waals surface area contributed by atoms with E-state index in [2.05, 4.69) is 4.74 Å². The van der Waals surface area contributed by atoms with Gasteiger partial charge >= 0.3 is 0 Å². The molecule has 0 fully saturated rings. The Labute approximate surface area is 58.7 Å². The number of carbonyl (C=O) groups excluding carboxylic acids is 2. The van der Waals surface area contributed by atoms with Crippen molar-refractivity contribution in [2.45, 2.75) is 19.4 Å². The van der Waals surface area contributed by atoms with Gasteiger partial charge in [0.15, 0.2) is 5.78 Å². The van der Waals surface area contributed by atoms with Crippen LogP contribution in [0, 0.1) is 0 Å². The van der Waals surface area contributed by atoms with Gasteiger partial charge in [0, 0.05) is 0 Å². The monoisotopic (exact) mass is 140 g/mol. The van der Waals surface area contributed by atoms with Crippen LogP contribution in [0.4, 0.5) is 0 Å². The molecule has 1 rings (SSSR count). The van der Waals surface area contributed by atoms with Crippen molar-refractivity contribution in [3.05, 3.63) is 11.6 Å². The molecule has 1 aliphatic carbocycles. The molecular formula is C7H8O3. The van der Waals surface area contributed by atoms with E-state index in [1.807, 2.05) is 0 Å². The first-order valence-electron chi connectivity index (χ1n) is 3.04. The molecule has 10 heavy (non-hydrogen) atoms. The predicted octanol–water partition coefficient (Wildman–Crippen LogP) is 0.447. The van der Waals surface area contributed by atoms with Gasteiger partial charge in [-0.25, -0.2) is 0 Å². The number of ether oxygens (including phenoxy) is 1. The third-order valence-electron chi connectivity index (χ3n) is 1.50. The summed E-state index contributed by atoms with van der Waals surface area (Å²) in [7, 11) is 0. The van der Waals surface area contributed by atoms with Gasteiger partial charge in [0.1, 0.15) is 6.10 Å². The van der Waals surface area contributed by atoms with Crippen LogP contribution in [0.25, 0.3) is 0 Å². The number of ketones is 1. The molecule has 0 aromatic heterocycles. The van der Waals surface area contributed by atoms with Crippen LogP contribution in [0.2, 0.25) is 0 Å². The van der Waals surface area contributed by atoms with Crippen molar-refractivity contribution in [1.82, 2.24) is 0 Å². The van der Waals surface area contributed by atoms with Crippen molar-refractivity contribution in [3.63, 3.8) is 0 Å². The Morgan fingerprint density at radius 2 is 2.50 bits per heavy atom. The van der Waals surface area contributed by atoms with Crippen molar-refractivity contribution in [2.24, 2.45) is 0 Å². The number of hydrogen-bond donors (Lipinski definition) is 0. The van der Waals surface area contributed by atoms with Gasteiger partial charge in [-0.05, 0) is 18.6 Å². The molecule has 0 N–H and O–H groups in total. The normalized spacial score (nSPS) is 24.3. The van der Waals surface area contributed by atoms with Crippen LogP contribution in [0.5, 0.6) is 0 Å². The first-order chi connectivity index (χ1) is 4.74. The molecule has 0 aromatic rings. The van der Waals surface area contributed by atoms with Gasteiger partial charge in [-0.1, -0.05) is 0 Å². The maximum absolute atomic E-state index is 10.7. The lowest BCUT2D eigenvalue weighted by Gasteiger charge is -2.06. The fourth-order valence-corrected chi connectivity index (χ4v) is 0.972.